The lowest BCUT2D eigenvalue weighted by Crippen LogP contribution is -2.13. The second-order valence-corrected chi connectivity index (χ2v) is 6.29. The lowest BCUT2D eigenvalue weighted by Gasteiger charge is -2.07. The highest BCUT2D eigenvalue weighted by molar-refractivity contribution is 5.63. The van der Waals surface area contributed by atoms with Gasteiger partial charge >= 0.3 is 0 Å². The number of aromatic nitrogens is 3. The Morgan fingerprint density at radius 1 is 0.960 bits per heavy atom. The molecule has 0 unspecified atom stereocenters. The summed E-state index contributed by atoms with van der Waals surface area (Å²) in [6.45, 7) is 7.27. The molecule has 3 aromatic rings. The van der Waals surface area contributed by atoms with Crippen LogP contribution >= 0.6 is 0 Å². The monoisotopic (exact) mass is 337 g/mol. The van der Waals surface area contributed by atoms with E-state index in [1.54, 1.807) is 0 Å². The number of hydrogen-bond acceptors (Lipinski definition) is 4. The smallest absolute Gasteiger partial charge is 0.154 e. The fourth-order valence-electron chi connectivity index (χ4n) is 2.76. The van der Waals surface area contributed by atoms with Gasteiger partial charge in [-0.3, -0.25) is 0 Å². The van der Waals surface area contributed by atoms with Crippen molar-refractivity contribution in [3.63, 3.8) is 0 Å². The third-order valence-corrected chi connectivity index (χ3v) is 4.20. The Kier molecular flexibility index (Phi) is 6.01. The van der Waals surface area contributed by atoms with Crippen molar-refractivity contribution in [2.45, 2.75) is 39.7 Å². The molecule has 0 saturated carbocycles. The van der Waals surface area contributed by atoms with Crippen molar-refractivity contribution in [2.24, 2.45) is 0 Å². The Hall–Kier alpha value is -2.40. The summed E-state index contributed by atoms with van der Waals surface area (Å²) in [5.41, 5.74) is 4.30. The first-order valence-corrected chi connectivity index (χ1v) is 9.20. The van der Waals surface area contributed by atoms with Crippen LogP contribution < -0.4 is 10.6 Å². The summed E-state index contributed by atoms with van der Waals surface area (Å²) < 4.78 is 1.92. The summed E-state index contributed by atoms with van der Waals surface area (Å²) in [7, 11) is 0. The number of unbranched alkanes of at least 4 members (excludes halogenated alkanes) is 1. The minimum atomic E-state index is 0.865. The Morgan fingerprint density at radius 2 is 1.80 bits per heavy atom. The van der Waals surface area contributed by atoms with Gasteiger partial charge in [-0.15, -0.1) is 5.10 Å². The van der Waals surface area contributed by atoms with Crippen molar-refractivity contribution in [3.05, 3.63) is 48.2 Å². The average Bonchev–Trinajstić information content (AvgIpc) is 3.06. The highest BCUT2D eigenvalue weighted by atomic mass is 15.3. The van der Waals surface area contributed by atoms with Crippen LogP contribution in [-0.2, 0) is 6.54 Å². The summed E-state index contributed by atoms with van der Waals surface area (Å²) in [6.07, 6.45) is 5.36. The number of nitrogens with one attached hydrogen (secondary N) is 2. The number of anilines is 1. The van der Waals surface area contributed by atoms with E-state index in [1.807, 2.05) is 22.8 Å². The van der Waals surface area contributed by atoms with E-state index in [4.69, 9.17) is 5.10 Å². The molecule has 25 heavy (non-hydrogen) atoms. The van der Waals surface area contributed by atoms with Crippen molar-refractivity contribution in [3.8, 4) is 11.3 Å². The number of benzene rings is 1. The second-order valence-electron chi connectivity index (χ2n) is 6.29. The molecule has 0 radical (unpaired) electrons. The Morgan fingerprint density at radius 3 is 2.56 bits per heavy atom. The van der Waals surface area contributed by atoms with Gasteiger partial charge in [0.15, 0.2) is 5.65 Å². The largest absolute Gasteiger partial charge is 0.369 e. The lowest BCUT2D eigenvalue weighted by atomic mass is 10.1. The van der Waals surface area contributed by atoms with E-state index >= 15 is 0 Å². The topological polar surface area (TPSA) is 54.2 Å². The number of hydrogen-bond donors (Lipinski definition) is 2. The number of nitrogens with zero attached hydrogens (tertiary/aromatic N) is 3. The molecule has 2 heterocycles. The van der Waals surface area contributed by atoms with Crippen LogP contribution in [0.25, 0.3) is 16.9 Å². The van der Waals surface area contributed by atoms with Gasteiger partial charge in [0.2, 0.25) is 0 Å². The molecule has 0 aliphatic carbocycles. The highest BCUT2D eigenvalue weighted by Gasteiger charge is 2.08. The van der Waals surface area contributed by atoms with E-state index < -0.39 is 0 Å². The summed E-state index contributed by atoms with van der Waals surface area (Å²) in [5, 5.41) is 11.5. The number of rotatable bonds is 9. The van der Waals surface area contributed by atoms with E-state index in [2.05, 4.69) is 53.7 Å². The standard InChI is InChI=1S/C20H27N5/c1-3-5-13-22-19-10-11-20-23-15-18(25(20)24-19)17-8-6-16(7-9-17)14-21-12-4-2/h6-11,15,21H,3-5,12-14H2,1-2H3,(H,22,24). The molecule has 1 aromatic carbocycles. The first-order chi connectivity index (χ1) is 12.3. The van der Waals surface area contributed by atoms with E-state index in [0.717, 1.165) is 55.2 Å². The zero-order valence-electron chi connectivity index (χ0n) is 15.1. The quantitative estimate of drug-likeness (QED) is 0.577. The summed E-state index contributed by atoms with van der Waals surface area (Å²) >= 11 is 0. The van der Waals surface area contributed by atoms with Crippen molar-refractivity contribution in [2.75, 3.05) is 18.4 Å². The molecule has 0 saturated heterocycles. The highest BCUT2D eigenvalue weighted by Crippen LogP contribution is 2.21. The van der Waals surface area contributed by atoms with E-state index in [9.17, 15) is 0 Å². The minimum absolute atomic E-state index is 0.865. The second kappa shape index (κ2) is 8.62. The summed E-state index contributed by atoms with van der Waals surface area (Å²) in [6, 6.07) is 12.6. The normalized spacial score (nSPS) is 11.1. The maximum absolute atomic E-state index is 4.70. The predicted molar refractivity (Wildman–Crippen MR) is 104 cm³/mol. The van der Waals surface area contributed by atoms with E-state index in [0.29, 0.717) is 0 Å². The molecule has 2 aromatic heterocycles. The summed E-state index contributed by atoms with van der Waals surface area (Å²) in [5.74, 6) is 0.889. The first-order valence-electron chi connectivity index (χ1n) is 9.20. The third-order valence-electron chi connectivity index (χ3n) is 4.20. The molecule has 0 bridgehead atoms. The first kappa shape index (κ1) is 17.4. The van der Waals surface area contributed by atoms with Crippen LogP contribution in [0, 0.1) is 0 Å². The van der Waals surface area contributed by atoms with E-state index in [1.165, 1.54) is 12.0 Å². The average molecular weight is 337 g/mol. The van der Waals surface area contributed by atoms with Crippen molar-refractivity contribution >= 4 is 11.5 Å². The van der Waals surface area contributed by atoms with Gasteiger partial charge < -0.3 is 10.6 Å². The fourth-order valence-corrected chi connectivity index (χ4v) is 2.76. The van der Waals surface area contributed by atoms with Crippen LogP contribution in [0.2, 0.25) is 0 Å². The maximum atomic E-state index is 4.70. The third kappa shape index (κ3) is 4.37. The SMILES string of the molecule is CCCCNc1ccc2ncc(-c3ccc(CNCCC)cc3)n2n1. The molecule has 5 heteroatoms. The maximum Gasteiger partial charge on any atom is 0.154 e. The molecular formula is C20H27N5. The number of fused-ring (bicyclic) bond motifs is 1. The van der Waals surface area contributed by atoms with Gasteiger partial charge in [-0.05, 0) is 37.1 Å². The molecule has 0 aliphatic rings. The van der Waals surface area contributed by atoms with Crippen LogP contribution in [-0.4, -0.2) is 27.7 Å². The van der Waals surface area contributed by atoms with Gasteiger partial charge in [-0.25, -0.2) is 9.50 Å². The Labute approximate surface area is 149 Å². The van der Waals surface area contributed by atoms with Gasteiger partial charge in [0.05, 0.1) is 11.9 Å². The fraction of sp³-hybridized carbons (Fsp3) is 0.400. The van der Waals surface area contributed by atoms with Gasteiger partial charge in [0, 0.05) is 18.7 Å². The van der Waals surface area contributed by atoms with Crippen molar-refractivity contribution in [1.29, 1.82) is 0 Å². The Balaban J connectivity index is 1.79. The van der Waals surface area contributed by atoms with Gasteiger partial charge in [-0.2, -0.15) is 0 Å². The summed E-state index contributed by atoms with van der Waals surface area (Å²) in [4.78, 5) is 4.48. The van der Waals surface area contributed by atoms with E-state index in [-0.39, 0.29) is 0 Å². The van der Waals surface area contributed by atoms with Crippen molar-refractivity contribution in [1.82, 2.24) is 19.9 Å². The molecule has 5 nitrogen and oxygen atoms in total. The molecule has 0 amide bonds. The zero-order chi connectivity index (χ0) is 17.5. The molecule has 0 spiro atoms. The van der Waals surface area contributed by atoms with Crippen LogP contribution in [0.5, 0.6) is 0 Å². The molecule has 0 atom stereocenters. The lowest BCUT2D eigenvalue weighted by molar-refractivity contribution is 0.675. The molecule has 3 rings (SSSR count). The van der Waals surface area contributed by atoms with Crippen LogP contribution in [0.15, 0.2) is 42.6 Å². The van der Waals surface area contributed by atoms with Gasteiger partial charge in [-0.1, -0.05) is 44.5 Å². The van der Waals surface area contributed by atoms with Crippen molar-refractivity contribution < 1.29 is 0 Å². The minimum Gasteiger partial charge on any atom is -0.369 e. The molecule has 132 valence electrons. The van der Waals surface area contributed by atoms with Gasteiger partial charge in [0.1, 0.15) is 5.82 Å². The molecule has 0 aliphatic heterocycles. The Bertz CT molecular complexity index is 791. The molecule has 2 N–H and O–H groups in total. The van der Waals surface area contributed by atoms with Crippen LogP contribution in [0.3, 0.4) is 0 Å². The van der Waals surface area contributed by atoms with Gasteiger partial charge in [0.25, 0.3) is 0 Å². The molecule has 0 fully saturated rings. The number of imidazole rings is 1. The predicted octanol–water partition coefficient (Wildman–Crippen LogP) is 4.11. The van der Waals surface area contributed by atoms with Crippen LogP contribution in [0.1, 0.15) is 38.7 Å². The molecular weight excluding hydrogens is 310 g/mol. The van der Waals surface area contributed by atoms with Crippen LogP contribution in [0.4, 0.5) is 5.82 Å². The zero-order valence-corrected chi connectivity index (χ0v) is 15.1.